The Balaban J connectivity index is 1.45. The molecule has 0 bridgehead atoms. The number of carbonyl (C=O) groups excluding carboxylic acids is 2. The Morgan fingerprint density at radius 2 is 1.89 bits per heavy atom. The molecule has 144 valence electrons. The molecule has 8 heteroatoms. The van der Waals surface area contributed by atoms with Gasteiger partial charge in [0.2, 0.25) is 0 Å². The Bertz CT molecular complexity index is 707. The summed E-state index contributed by atoms with van der Waals surface area (Å²) >= 11 is 0. The Hall–Kier alpha value is -2.63. The summed E-state index contributed by atoms with van der Waals surface area (Å²) < 4.78 is 10.2. The van der Waals surface area contributed by atoms with Crippen LogP contribution in [-0.4, -0.2) is 80.9 Å². The van der Waals surface area contributed by atoms with E-state index in [9.17, 15) is 9.59 Å². The van der Waals surface area contributed by atoms with Gasteiger partial charge in [0, 0.05) is 45.0 Å². The van der Waals surface area contributed by atoms with Gasteiger partial charge in [-0.3, -0.25) is 14.6 Å². The van der Waals surface area contributed by atoms with Crippen molar-refractivity contribution in [2.24, 2.45) is 0 Å². The molecule has 2 heterocycles. The molecular weight excluding hydrogens is 348 g/mol. The highest BCUT2D eigenvalue weighted by molar-refractivity contribution is 5.89. The lowest BCUT2D eigenvalue weighted by atomic mass is 10.2. The molecule has 1 amide bonds. The van der Waals surface area contributed by atoms with Crippen molar-refractivity contribution >= 4 is 17.7 Å². The molecule has 0 spiro atoms. The smallest absolute Gasteiger partial charge is 0.414 e. The van der Waals surface area contributed by atoms with Gasteiger partial charge in [0.05, 0.1) is 31.7 Å². The summed E-state index contributed by atoms with van der Waals surface area (Å²) in [5.74, 6) is -0.182. The van der Waals surface area contributed by atoms with E-state index >= 15 is 0 Å². The summed E-state index contributed by atoms with van der Waals surface area (Å²) in [7, 11) is 1.41. The summed E-state index contributed by atoms with van der Waals surface area (Å²) in [5.41, 5.74) is 1.31. The standard InChI is InChI=1S/C19H24N4O4/c1-26-18(24)6-7-21-8-10-22(11-9-21)13-17-14-23(19(25)27-17)16-4-2-15(12-20)3-5-16/h2-5,17H,6-11,13-14H2,1H3. The van der Waals surface area contributed by atoms with E-state index in [1.54, 1.807) is 29.2 Å². The highest BCUT2D eigenvalue weighted by Crippen LogP contribution is 2.22. The van der Waals surface area contributed by atoms with Crippen LogP contribution in [0.3, 0.4) is 0 Å². The van der Waals surface area contributed by atoms with Crippen LogP contribution in [-0.2, 0) is 14.3 Å². The predicted molar refractivity (Wildman–Crippen MR) is 98.3 cm³/mol. The first kappa shape index (κ1) is 19.1. The van der Waals surface area contributed by atoms with Crippen molar-refractivity contribution in [2.45, 2.75) is 12.5 Å². The van der Waals surface area contributed by atoms with Crippen molar-refractivity contribution < 1.29 is 19.1 Å². The second-order valence-corrected chi connectivity index (χ2v) is 6.74. The van der Waals surface area contributed by atoms with Gasteiger partial charge in [-0.2, -0.15) is 5.26 Å². The minimum atomic E-state index is -0.346. The molecule has 2 aliphatic rings. The van der Waals surface area contributed by atoms with Crippen LogP contribution in [0.1, 0.15) is 12.0 Å². The molecule has 1 unspecified atom stereocenters. The fourth-order valence-electron chi connectivity index (χ4n) is 3.38. The number of benzene rings is 1. The van der Waals surface area contributed by atoms with Gasteiger partial charge < -0.3 is 14.4 Å². The van der Waals surface area contributed by atoms with Crippen LogP contribution >= 0.6 is 0 Å². The summed E-state index contributed by atoms with van der Waals surface area (Å²) in [5, 5.41) is 8.88. The lowest BCUT2D eigenvalue weighted by Gasteiger charge is -2.35. The molecule has 2 fully saturated rings. The van der Waals surface area contributed by atoms with Gasteiger partial charge in [0.25, 0.3) is 0 Å². The van der Waals surface area contributed by atoms with Gasteiger partial charge in [-0.25, -0.2) is 4.79 Å². The number of methoxy groups -OCH3 is 1. The number of hydrogen-bond acceptors (Lipinski definition) is 7. The number of carbonyl (C=O) groups is 2. The van der Waals surface area contributed by atoms with Crippen molar-refractivity contribution in [3.63, 3.8) is 0 Å². The molecule has 8 nitrogen and oxygen atoms in total. The minimum Gasteiger partial charge on any atom is -0.469 e. The third kappa shape index (κ3) is 4.96. The number of nitriles is 1. The molecule has 1 aromatic carbocycles. The predicted octanol–water partition coefficient (Wildman–Crippen LogP) is 1.06. The molecular formula is C19H24N4O4. The first-order valence-corrected chi connectivity index (χ1v) is 9.09. The summed E-state index contributed by atoms with van der Waals surface area (Å²) in [4.78, 5) is 29.6. The highest BCUT2D eigenvalue weighted by Gasteiger charge is 2.34. The van der Waals surface area contributed by atoms with E-state index in [2.05, 4.69) is 20.6 Å². The summed E-state index contributed by atoms with van der Waals surface area (Å²) in [6.07, 6.45) is -0.104. The van der Waals surface area contributed by atoms with E-state index < -0.39 is 0 Å². The number of anilines is 1. The van der Waals surface area contributed by atoms with E-state index in [1.807, 2.05) is 0 Å². The number of piperazine rings is 1. The van der Waals surface area contributed by atoms with Crippen molar-refractivity contribution in [3.8, 4) is 6.07 Å². The zero-order valence-electron chi connectivity index (χ0n) is 15.5. The molecule has 1 aromatic rings. The van der Waals surface area contributed by atoms with Crippen LogP contribution in [0, 0.1) is 11.3 Å². The van der Waals surface area contributed by atoms with Crippen molar-refractivity contribution in [1.82, 2.24) is 9.80 Å². The van der Waals surface area contributed by atoms with Crippen molar-refractivity contribution in [1.29, 1.82) is 5.26 Å². The van der Waals surface area contributed by atoms with Gasteiger partial charge in [-0.05, 0) is 24.3 Å². The van der Waals surface area contributed by atoms with Crippen LogP contribution in [0.2, 0.25) is 0 Å². The molecule has 0 radical (unpaired) electrons. The zero-order valence-corrected chi connectivity index (χ0v) is 15.5. The van der Waals surface area contributed by atoms with Crippen LogP contribution in [0.4, 0.5) is 10.5 Å². The van der Waals surface area contributed by atoms with Crippen LogP contribution < -0.4 is 4.90 Å². The van der Waals surface area contributed by atoms with Gasteiger partial charge in [-0.1, -0.05) is 0 Å². The molecule has 2 saturated heterocycles. The number of amides is 1. The summed E-state index contributed by atoms with van der Waals surface area (Å²) in [6.45, 7) is 5.45. The molecule has 0 N–H and O–H groups in total. The topological polar surface area (TPSA) is 86.1 Å². The monoisotopic (exact) mass is 372 g/mol. The van der Waals surface area contributed by atoms with Crippen LogP contribution in [0.25, 0.3) is 0 Å². The van der Waals surface area contributed by atoms with Gasteiger partial charge in [0.1, 0.15) is 6.10 Å². The quantitative estimate of drug-likeness (QED) is 0.690. The third-order valence-electron chi connectivity index (χ3n) is 4.97. The molecule has 2 aliphatic heterocycles. The average molecular weight is 372 g/mol. The molecule has 0 aromatic heterocycles. The largest absolute Gasteiger partial charge is 0.469 e. The lowest BCUT2D eigenvalue weighted by molar-refractivity contribution is -0.141. The van der Waals surface area contributed by atoms with E-state index in [-0.39, 0.29) is 18.2 Å². The molecule has 0 aliphatic carbocycles. The number of rotatable bonds is 6. The van der Waals surface area contributed by atoms with Crippen molar-refractivity contribution in [3.05, 3.63) is 29.8 Å². The third-order valence-corrected chi connectivity index (χ3v) is 4.97. The van der Waals surface area contributed by atoms with Gasteiger partial charge in [0.15, 0.2) is 0 Å². The SMILES string of the molecule is COC(=O)CCN1CCN(CC2CN(c3ccc(C#N)cc3)C(=O)O2)CC1. The number of nitrogens with zero attached hydrogens (tertiary/aromatic N) is 4. The van der Waals surface area contributed by atoms with Crippen LogP contribution in [0.15, 0.2) is 24.3 Å². The Morgan fingerprint density at radius 3 is 2.52 bits per heavy atom. The lowest BCUT2D eigenvalue weighted by Crippen LogP contribution is -2.49. The van der Waals surface area contributed by atoms with Crippen molar-refractivity contribution in [2.75, 3.05) is 57.8 Å². The number of ether oxygens (including phenoxy) is 2. The normalized spacial score (nSPS) is 21.0. The number of hydrogen-bond donors (Lipinski definition) is 0. The average Bonchev–Trinajstić information content (AvgIpc) is 3.07. The van der Waals surface area contributed by atoms with Gasteiger partial charge >= 0.3 is 12.1 Å². The summed E-state index contributed by atoms with van der Waals surface area (Å²) in [6, 6.07) is 9.00. The maximum Gasteiger partial charge on any atom is 0.414 e. The van der Waals surface area contributed by atoms with Gasteiger partial charge in [-0.15, -0.1) is 0 Å². The van der Waals surface area contributed by atoms with Crippen LogP contribution in [0.5, 0.6) is 0 Å². The maximum atomic E-state index is 12.2. The Kier molecular flexibility index (Phi) is 6.27. The molecule has 1 atom stereocenters. The second-order valence-electron chi connectivity index (χ2n) is 6.74. The first-order chi connectivity index (χ1) is 13.1. The van der Waals surface area contributed by atoms with E-state index in [0.717, 1.165) is 31.9 Å². The fourth-order valence-corrected chi connectivity index (χ4v) is 3.38. The minimum absolute atomic E-state index is 0.172. The second kappa shape index (κ2) is 8.84. The first-order valence-electron chi connectivity index (χ1n) is 9.09. The Morgan fingerprint density at radius 1 is 1.22 bits per heavy atom. The molecule has 27 heavy (non-hydrogen) atoms. The maximum absolute atomic E-state index is 12.2. The zero-order chi connectivity index (χ0) is 19.2. The number of esters is 1. The molecule has 3 rings (SSSR count). The van der Waals surface area contributed by atoms with E-state index in [4.69, 9.17) is 10.00 Å². The van der Waals surface area contributed by atoms with E-state index in [1.165, 1.54) is 7.11 Å². The number of cyclic esters (lactones) is 1. The highest BCUT2D eigenvalue weighted by atomic mass is 16.6. The Labute approximate surface area is 158 Å². The molecule has 0 saturated carbocycles. The fraction of sp³-hybridized carbons (Fsp3) is 0.526. The van der Waals surface area contributed by atoms with E-state index in [0.29, 0.717) is 31.6 Å².